The quantitative estimate of drug-likeness (QED) is 0.641. The van der Waals surface area contributed by atoms with Crippen LogP contribution in [-0.2, 0) is 0 Å². The van der Waals surface area contributed by atoms with E-state index in [0.29, 0.717) is 10.0 Å². The van der Waals surface area contributed by atoms with Gasteiger partial charge in [0.2, 0.25) is 0 Å². The van der Waals surface area contributed by atoms with Gasteiger partial charge in [-0.3, -0.25) is 4.79 Å². The number of carbonyl (C=O) groups excluding carboxylic acids is 1. The summed E-state index contributed by atoms with van der Waals surface area (Å²) >= 11 is 12.2. The number of hydrogen-bond acceptors (Lipinski definition) is 1. The monoisotopic (exact) mass is 329 g/mol. The van der Waals surface area contributed by atoms with E-state index in [2.05, 4.69) is 11.4 Å². The van der Waals surface area contributed by atoms with Crippen LogP contribution in [0.25, 0.3) is 10.8 Å². The van der Waals surface area contributed by atoms with Crippen LogP contribution in [0.3, 0.4) is 0 Å². The molecular formula is C18H13Cl2NO. The highest BCUT2D eigenvalue weighted by atomic mass is 35.5. The van der Waals surface area contributed by atoms with E-state index in [9.17, 15) is 4.79 Å². The van der Waals surface area contributed by atoms with Crippen molar-refractivity contribution in [3.05, 3.63) is 75.8 Å². The van der Waals surface area contributed by atoms with Crippen molar-refractivity contribution in [2.24, 2.45) is 0 Å². The minimum Gasteiger partial charge on any atom is -0.321 e. The number of aryl methyl sites for hydroxylation is 1. The van der Waals surface area contributed by atoms with Crippen LogP contribution in [0.5, 0.6) is 0 Å². The highest BCUT2D eigenvalue weighted by Gasteiger charge is 2.15. The summed E-state index contributed by atoms with van der Waals surface area (Å²) < 4.78 is 0. The van der Waals surface area contributed by atoms with Crippen molar-refractivity contribution in [1.29, 1.82) is 0 Å². The molecule has 2 nitrogen and oxygen atoms in total. The third-order valence-corrected chi connectivity index (χ3v) is 4.10. The van der Waals surface area contributed by atoms with Gasteiger partial charge in [0.05, 0.1) is 15.6 Å². The first kappa shape index (κ1) is 14.9. The van der Waals surface area contributed by atoms with Crippen molar-refractivity contribution < 1.29 is 4.79 Å². The fourth-order valence-corrected chi connectivity index (χ4v) is 2.98. The maximum atomic E-state index is 12.5. The van der Waals surface area contributed by atoms with Gasteiger partial charge in [-0.15, -0.1) is 0 Å². The molecule has 0 spiro atoms. The zero-order valence-corrected chi connectivity index (χ0v) is 13.4. The number of carbonyl (C=O) groups is 1. The van der Waals surface area contributed by atoms with Crippen LogP contribution in [0.4, 0.5) is 5.69 Å². The SMILES string of the molecule is Cc1ccc2c(NC(=O)c3c(Cl)cccc3Cl)cccc2c1. The van der Waals surface area contributed by atoms with Crippen molar-refractivity contribution in [2.45, 2.75) is 6.92 Å². The predicted molar refractivity (Wildman–Crippen MR) is 93.1 cm³/mol. The molecule has 0 heterocycles. The highest BCUT2D eigenvalue weighted by molar-refractivity contribution is 6.40. The van der Waals surface area contributed by atoms with E-state index < -0.39 is 0 Å². The van der Waals surface area contributed by atoms with E-state index in [1.165, 1.54) is 5.56 Å². The number of hydrogen-bond donors (Lipinski definition) is 1. The Bertz CT molecular complexity index is 854. The van der Waals surface area contributed by atoms with Gasteiger partial charge in [-0.2, -0.15) is 0 Å². The normalized spacial score (nSPS) is 10.7. The summed E-state index contributed by atoms with van der Waals surface area (Å²) in [4.78, 5) is 12.5. The van der Waals surface area contributed by atoms with Crippen LogP contribution in [0.1, 0.15) is 15.9 Å². The summed E-state index contributed by atoms with van der Waals surface area (Å²) in [5, 5.41) is 5.61. The molecule has 0 aliphatic heterocycles. The van der Waals surface area contributed by atoms with Crippen molar-refractivity contribution in [3.8, 4) is 0 Å². The van der Waals surface area contributed by atoms with E-state index in [1.807, 2.05) is 37.3 Å². The lowest BCUT2D eigenvalue weighted by Crippen LogP contribution is -2.13. The summed E-state index contributed by atoms with van der Waals surface area (Å²) in [6.45, 7) is 2.04. The molecule has 0 atom stereocenters. The number of halogens is 2. The molecule has 4 heteroatoms. The topological polar surface area (TPSA) is 29.1 Å². The van der Waals surface area contributed by atoms with Crippen LogP contribution in [-0.4, -0.2) is 5.91 Å². The Morgan fingerprint density at radius 1 is 0.955 bits per heavy atom. The molecule has 0 aromatic heterocycles. The Morgan fingerprint density at radius 3 is 2.36 bits per heavy atom. The van der Waals surface area contributed by atoms with Crippen LogP contribution in [0.15, 0.2) is 54.6 Å². The predicted octanol–water partition coefficient (Wildman–Crippen LogP) is 5.71. The van der Waals surface area contributed by atoms with Crippen LogP contribution in [0.2, 0.25) is 10.0 Å². The van der Waals surface area contributed by atoms with Gasteiger partial charge < -0.3 is 5.32 Å². The number of amides is 1. The van der Waals surface area contributed by atoms with Crippen molar-refractivity contribution >= 4 is 45.6 Å². The molecule has 22 heavy (non-hydrogen) atoms. The van der Waals surface area contributed by atoms with E-state index >= 15 is 0 Å². The van der Waals surface area contributed by atoms with E-state index in [4.69, 9.17) is 23.2 Å². The molecule has 0 radical (unpaired) electrons. The number of benzene rings is 3. The number of anilines is 1. The van der Waals surface area contributed by atoms with Gasteiger partial charge >= 0.3 is 0 Å². The minimum absolute atomic E-state index is 0.287. The zero-order chi connectivity index (χ0) is 15.7. The summed E-state index contributed by atoms with van der Waals surface area (Å²) in [6.07, 6.45) is 0. The average Bonchev–Trinajstić information content (AvgIpc) is 2.47. The van der Waals surface area contributed by atoms with Gasteiger partial charge in [-0.1, -0.05) is 65.2 Å². The molecule has 0 saturated heterocycles. The maximum Gasteiger partial charge on any atom is 0.258 e. The summed E-state index contributed by atoms with van der Waals surface area (Å²) in [6, 6.07) is 16.9. The average molecular weight is 330 g/mol. The third-order valence-electron chi connectivity index (χ3n) is 3.47. The highest BCUT2D eigenvalue weighted by Crippen LogP contribution is 2.28. The molecule has 0 saturated carbocycles. The van der Waals surface area contributed by atoms with E-state index in [0.717, 1.165) is 16.5 Å². The van der Waals surface area contributed by atoms with Crippen LogP contribution < -0.4 is 5.32 Å². The molecule has 110 valence electrons. The van der Waals surface area contributed by atoms with Gasteiger partial charge in [-0.05, 0) is 30.5 Å². The summed E-state index contributed by atoms with van der Waals surface area (Å²) in [7, 11) is 0. The van der Waals surface area contributed by atoms with E-state index in [1.54, 1.807) is 18.2 Å². The molecule has 1 N–H and O–H groups in total. The molecule has 0 aliphatic rings. The van der Waals surface area contributed by atoms with Crippen molar-refractivity contribution in [1.82, 2.24) is 0 Å². The molecule has 0 aliphatic carbocycles. The smallest absolute Gasteiger partial charge is 0.258 e. The Labute approximate surface area is 138 Å². The zero-order valence-electron chi connectivity index (χ0n) is 11.9. The molecule has 0 bridgehead atoms. The molecule has 3 aromatic carbocycles. The van der Waals surface area contributed by atoms with Gasteiger partial charge in [0.25, 0.3) is 5.91 Å². The Morgan fingerprint density at radius 2 is 1.64 bits per heavy atom. The fourth-order valence-electron chi connectivity index (χ4n) is 2.41. The Hall–Kier alpha value is -2.03. The standard InChI is InChI=1S/C18H13Cl2NO/c1-11-8-9-13-12(10-11)4-2-7-16(13)21-18(22)17-14(19)5-3-6-15(17)20/h2-10H,1H3,(H,21,22). The molecule has 0 fully saturated rings. The Kier molecular flexibility index (Phi) is 4.06. The van der Waals surface area contributed by atoms with Crippen LogP contribution in [0, 0.1) is 6.92 Å². The minimum atomic E-state index is -0.316. The van der Waals surface area contributed by atoms with Crippen LogP contribution >= 0.6 is 23.2 Å². The Balaban J connectivity index is 2.02. The lowest BCUT2D eigenvalue weighted by Gasteiger charge is -2.11. The van der Waals surface area contributed by atoms with E-state index in [-0.39, 0.29) is 11.5 Å². The van der Waals surface area contributed by atoms with Gasteiger partial charge in [0, 0.05) is 11.1 Å². The second-order valence-corrected chi connectivity index (χ2v) is 5.90. The van der Waals surface area contributed by atoms with Gasteiger partial charge in [0.1, 0.15) is 0 Å². The second-order valence-electron chi connectivity index (χ2n) is 5.08. The molecule has 0 unspecified atom stereocenters. The summed E-state index contributed by atoms with van der Waals surface area (Å²) in [5.41, 5.74) is 2.19. The molecule has 3 rings (SSSR count). The first-order valence-electron chi connectivity index (χ1n) is 6.81. The number of fused-ring (bicyclic) bond motifs is 1. The maximum absolute atomic E-state index is 12.5. The van der Waals surface area contributed by atoms with Crippen molar-refractivity contribution in [3.63, 3.8) is 0 Å². The van der Waals surface area contributed by atoms with Gasteiger partial charge in [0.15, 0.2) is 0 Å². The largest absolute Gasteiger partial charge is 0.321 e. The second kappa shape index (κ2) is 5.99. The first-order valence-corrected chi connectivity index (χ1v) is 7.56. The number of nitrogens with one attached hydrogen (secondary N) is 1. The molecule has 3 aromatic rings. The first-order chi connectivity index (χ1) is 10.6. The third kappa shape index (κ3) is 2.80. The van der Waals surface area contributed by atoms with Crippen molar-refractivity contribution in [2.75, 3.05) is 5.32 Å². The number of rotatable bonds is 2. The lowest BCUT2D eigenvalue weighted by molar-refractivity contribution is 0.102. The molecule has 1 amide bonds. The lowest BCUT2D eigenvalue weighted by atomic mass is 10.1. The fraction of sp³-hybridized carbons (Fsp3) is 0.0556. The molecular weight excluding hydrogens is 317 g/mol. The summed E-state index contributed by atoms with van der Waals surface area (Å²) in [5.74, 6) is -0.316. The van der Waals surface area contributed by atoms with Gasteiger partial charge in [-0.25, -0.2) is 0 Å².